The molecule has 0 aromatic carbocycles. The van der Waals surface area contributed by atoms with Gasteiger partial charge in [-0.15, -0.1) is 0 Å². The van der Waals surface area contributed by atoms with Gasteiger partial charge in [0.05, 0.1) is 19.3 Å². The predicted octanol–water partition coefficient (Wildman–Crippen LogP) is 5.65. The van der Waals surface area contributed by atoms with Gasteiger partial charge in [-0.3, -0.25) is 4.98 Å². The van der Waals surface area contributed by atoms with Crippen LogP contribution in [0.1, 0.15) is 99.3 Å². The van der Waals surface area contributed by atoms with Crippen LogP contribution in [0.15, 0.2) is 12.4 Å². The number of carboxylic acids is 2. The minimum absolute atomic E-state index is 0.0284. The van der Waals surface area contributed by atoms with Crippen LogP contribution in [0.4, 0.5) is 0 Å². The van der Waals surface area contributed by atoms with Crippen molar-refractivity contribution < 1.29 is 34.0 Å². The first-order valence-electron chi connectivity index (χ1n) is 14.0. The van der Waals surface area contributed by atoms with E-state index in [1.165, 1.54) is 25.7 Å². The Kier molecular flexibility index (Phi) is 7.26. The molecular formula is C29H41NO7. The van der Waals surface area contributed by atoms with Gasteiger partial charge in [-0.1, -0.05) is 40.0 Å². The molecule has 1 aromatic rings. The van der Waals surface area contributed by atoms with Crippen LogP contribution in [-0.4, -0.2) is 52.7 Å². The molecule has 1 aromatic heterocycles. The lowest BCUT2D eigenvalue weighted by Crippen LogP contribution is -2.62. The molecule has 37 heavy (non-hydrogen) atoms. The molecule has 7 atom stereocenters. The van der Waals surface area contributed by atoms with Gasteiger partial charge < -0.3 is 24.4 Å². The van der Waals surface area contributed by atoms with E-state index in [4.69, 9.17) is 14.2 Å². The number of fused-ring (bicyclic) bond motifs is 3. The molecule has 8 nitrogen and oxygen atoms in total. The highest BCUT2D eigenvalue weighted by atomic mass is 16.7. The van der Waals surface area contributed by atoms with Gasteiger partial charge in [-0.25, -0.2) is 9.59 Å². The SMILES string of the molecule is CC1CCC2[C@]3(C)CO[C@@H](C4CCCC4)O[C@@H]3CC[C@@]2(C)[C@@H]1CCOc1c(C(=O)O)cncc1C(=O)O. The van der Waals surface area contributed by atoms with Crippen LogP contribution in [0.25, 0.3) is 0 Å². The maximum atomic E-state index is 11.7. The molecular weight excluding hydrogens is 474 g/mol. The molecule has 4 fully saturated rings. The first-order chi connectivity index (χ1) is 17.6. The number of hydrogen-bond acceptors (Lipinski definition) is 6. The smallest absolute Gasteiger partial charge is 0.341 e. The van der Waals surface area contributed by atoms with Crippen LogP contribution in [0.2, 0.25) is 0 Å². The second-order valence-corrected chi connectivity index (χ2v) is 12.4. The first-order valence-corrected chi connectivity index (χ1v) is 14.0. The summed E-state index contributed by atoms with van der Waals surface area (Å²) < 4.78 is 19.0. The normalized spacial score (nSPS) is 38.0. The summed E-state index contributed by atoms with van der Waals surface area (Å²) in [5.74, 6) is -0.727. The molecule has 0 amide bonds. The maximum Gasteiger partial charge on any atom is 0.341 e. The monoisotopic (exact) mass is 515 g/mol. The van der Waals surface area contributed by atoms with E-state index in [0.717, 1.165) is 51.1 Å². The third-order valence-corrected chi connectivity index (χ3v) is 10.4. The summed E-state index contributed by atoms with van der Waals surface area (Å²) >= 11 is 0. The van der Waals surface area contributed by atoms with Gasteiger partial charge in [0.2, 0.25) is 0 Å². The molecule has 3 aliphatic carbocycles. The Hall–Kier alpha value is -2.19. The van der Waals surface area contributed by atoms with Crippen LogP contribution in [0, 0.1) is 34.5 Å². The zero-order chi connectivity index (χ0) is 26.4. The minimum Gasteiger partial charge on any atom is -0.492 e. The van der Waals surface area contributed by atoms with Gasteiger partial charge in [-0.05, 0) is 61.7 Å². The summed E-state index contributed by atoms with van der Waals surface area (Å²) in [6.07, 6.45) is 12.6. The highest BCUT2D eigenvalue weighted by molar-refractivity contribution is 5.98. The molecule has 2 heterocycles. The number of nitrogens with zero attached hydrogens (tertiary/aromatic N) is 1. The molecule has 0 bridgehead atoms. The van der Waals surface area contributed by atoms with Crippen LogP contribution in [0.3, 0.4) is 0 Å². The van der Waals surface area contributed by atoms with Gasteiger partial charge in [0.1, 0.15) is 11.1 Å². The maximum absolute atomic E-state index is 11.7. The summed E-state index contributed by atoms with van der Waals surface area (Å²) in [7, 11) is 0. The highest BCUT2D eigenvalue weighted by Gasteiger charge is 2.61. The van der Waals surface area contributed by atoms with Crippen molar-refractivity contribution in [2.45, 2.75) is 91.0 Å². The van der Waals surface area contributed by atoms with Crippen molar-refractivity contribution in [2.75, 3.05) is 13.2 Å². The molecule has 4 aliphatic rings. The summed E-state index contributed by atoms with van der Waals surface area (Å²) in [4.78, 5) is 27.2. The van der Waals surface area contributed by atoms with Crippen LogP contribution in [-0.2, 0) is 9.47 Å². The van der Waals surface area contributed by atoms with Crippen LogP contribution in [0.5, 0.6) is 5.75 Å². The fraction of sp³-hybridized carbons (Fsp3) is 0.759. The number of pyridine rings is 1. The van der Waals surface area contributed by atoms with Gasteiger partial charge in [0.15, 0.2) is 12.0 Å². The van der Waals surface area contributed by atoms with E-state index >= 15 is 0 Å². The molecule has 0 radical (unpaired) electrons. The molecule has 1 saturated heterocycles. The zero-order valence-corrected chi connectivity index (χ0v) is 22.3. The predicted molar refractivity (Wildman–Crippen MR) is 136 cm³/mol. The summed E-state index contributed by atoms with van der Waals surface area (Å²) in [6.45, 7) is 8.10. The fourth-order valence-corrected chi connectivity index (χ4v) is 8.48. The largest absolute Gasteiger partial charge is 0.492 e. The Labute approximate surface area is 219 Å². The number of carboxylic acid groups (broad SMARTS) is 2. The van der Waals surface area contributed by atoms with Crippen molar-refractivity contribution in [1.29, 1.82) is 0 Å². The molecule has 1 aliphatic heterocycles. The lowest BCUT2D eigenvalue weighted by Gasteiger charge is -2.63. The quantitative estimate of drug-likeness (QED) is 0.479. The van der Waals surface area contributed by atoms with Gasteiger partial charge in [0, 0.05) is 23.7 Å². The van der Waals surface area contributed by atoms with Crippen LogP contribution >= 0.6 is 0 Å². The molecule has 2 N–H and O–H groups in total. The Balaban J connectivity index is 1.31. The number of ether oxygens (including phenoxy) is 3. The third-order valence-electron chi connectivity index (χ3n) is 10.4. The molecule has 5 rings (SSSR count). The van der Waals surface area contributed by atoms with Crippen molar-refractivity contribution in [1.82, 2.24) is 4.98 Å². The molecule has 0 spiro atoms. The average Bonchev–Trinajstić information content (AvgIpc) is 3.40. The van der Waals surface area contributed by atoms with Crippen molar-refractivity contribution in [3.8, 4) is 5.75 Å². The lowest BCUT2D eigenvalue weighted by molar-refractivity contribution is -0.319. The van der Waals surface area contributed by atoms with E-state index in [-0.39, 0.29) is 46.7 Å². The van der Waals surface area contributed by atoms with Crippen molar-refractivity contribution >= 4 is 11.9 Å². The van der Waals surface area contributed by atoms with Crippen molar-refractivity contribution in [2.24, 2.45) is 34.5 Å². The van der Waals surface area contributed by atoms with Crippen LogP contribution < -0.4 is 4.74 Å². The second-order valence-electron chi connectivity index (χ2n) is 12.4. The van der Waals surface area contributed by atoms with Crippen molar-refractivity contribution in [3.05, 3.63) is 23.5 Å². The molecule has 3 saturated carbocycles. The van der Waals surface area contributed by atoms with E-state index in [1.54, 1.807) is 0 Å². The molecule has 8 heteroatoms. The summed E-state index contributed by atoms with van der Waals surface area (Å²) in [6, 6.07) is 0. The Morgan fingerprint density at radius 1 is 1.03 bits per heavy atom. The Bertz CT molecular complexity index is 991. The standard InChI is InChI=1S/C29H41NO7/c1-17-8-9-22-28(2,12-10-23-29(22,3)16-36-27(37-23)18-6-4-5-7-18)21(17)11-13-35-24-19(25(31)32)14-30-15-20(24)26(33)34/h14-15,17-18,21-23,27H,4-13,16H2,1-3H3,(H,31,32)(H,33,34)/t17?,21-,22?,23-,27-,28+,29+/m1/s1. The van der Waals surface area contributed by atoms with E-state index in [1.807, 2.05) is 0 Å². The zero-order valence-electron chi connectivity index (χ0n) is 22.3. The topological polar surface area (TPSA) is 115 Å². The van der Waals surface area contributed by atoms with E-state index in [2.05, 4.69) is 25.8 Å². The summed E-state index contributed by atoms with van der Waals surface area (Å²) in [5, 5.41) is 19.1. The van der Waals surface area contributed by atoms with Gasteiger partial charge >= 0.3 is 11.9 Å². The Morgan fingerprint density at radius 2 is 1.70 bits per heavy atom. The second kappa shape index (κ2) is 10.2. The van der Waals surface area contributed by atoms with E-state index in [0.29, 0.717) is 23.7 Å². The Morgan fingerprint density at radius 3 is 2.35 bits per heavy atom. The number of rotatable bonds is 7. The van der Waals surface area contributed by atoms with Gasteiger partial charge in [0.25, 0.3) is 0 Å². The third kappa shape index (κ3) is 4.65. The lowest BCUT2D eigenvalue weighted by atomic mass is 9.45. The first kappa shape index (κ1) is 26.4. The fourth-order valence-electron chi connectivity index (χ4n) is 8.48. The number of carbonyl (C=O) groups is 2. The highest BCUT2D eigenvalue weighted by Crippen LogP contribution is 2.63. The average molecular weight is 516 g/mol. The molecule has 2 unspecified atom stereocenters. The minimum atomic E-state index is -1.25. The number of hydrogen-bond donors (Lipinski definition) is 2. The molecule has 204 valence electrons. The van der Waals surface area contributed by atoms with Gasteiger partial charge in [-0.2, -0.15) is 0 Å². The summed E-state index contributed by atoms with van der Waals surface area (Å²) in [5.41, 5.74) is -0.383. The van der Waals surface area contributed by atoms with E-state index < -0.39 is 11.9 Å². The van der Waals surface area contributed by atoms with E-state index in [9.17, 15) is 19.8 Å². The number of aromatic nitrogens is 1. The number of aromatic carboxylic acids is 2. The van der Waals surface area contributed by atoms with Crippen molar-refractivity contribution in [3.63, 3.8) is 0 Å².